The van der Waals surface area contributed by atoms with Crippen LogP contribution in [0.4, 0.5) is 5.82 Å². The van der Waals surface area contributed by atoms with E-state index in [1.54, 1.807) is 18.3 Å². The van der Waals surface area contributed by atoms with Crippen molar-refractivity contribution >= 4 is 32.9 Å². The zero-order valence-electron chi connectivity index (χ0n) is 17.6. The Kier molecular flexibility index (Phi) is 5.75. The molecule has 0 bridgehead atoms. The van der Waals surface area contributed by atoms with Crippen LogP contribution in [-0.4, -0.2) is 36.3 Å². The SMILES string of the molecule is Cc1cnc(NC(=O)C(=C[C@H]2CCC(=O)C2)c2ccc(S(C)(=O)=O)c(C3CC3)c2)cn1. The maximum absolute atomic E-state index is 13.2. The summed E-state index contributed by atoms with van der Waals surface area (Å²) in [5, 5.41) is 2.78. The molecule has 0 radical (unpaired) electrons. The Labute approximate surface area is 181 Å². The lowest BCUT2D eigenvalue weighted by Crippen LogP contribution is -2.16. The number of Topliss-reactive ketones (excluding diaryl/α,β-unsaturated/α-hetero) is 1. The molecule has 162 valence electrons. The lowest BCUT2D eigenvalue weighted by Gasteiger charge is -2.14. The number of carbonyl (C=O) groups excluding carboxylic acids is 2. The van der Waals surface area contributed by atoms with Crippen LogP contribution in [0.3, 0.4) is 0 Å². The highest BCUT2D eigenvalue weighted by Gasteiger charge is 2.30. The van der Waals surface area contributed by atoms with Crippen LogP contribution in [0.5, 0.6) is 0 Å². The molecule has 7 nitrogen and oxygen atoms in total. The molecule has 2 aliphatic carbocycles. The van der Waals surface area contributed by atoms with Crippen molar-refractivity contribution in [1.29, 1.82) is 0 Å². The lowest BCUT2D eigenvalue weighted by atomic mass is 9.95. The number of nitrogens with one attached hydrogen (secondary N) is 1. The van der Waals surface area contributed by atoms with E-state index in [4.69, 9.17) is 0 Å². The second-order valence-corrected chi connectivity index (χ2v) is 10.4. The molecule has 1 aromatic heterocycles. The summed E-state index contributed by atoms with van der Waals surface area (Å²) in [6.07, 6.45) is 9.62. The highest BCUT2D eigenvalue weighted by molar-refractivity contribution is 7.90. The first-order valence-corrected chi connectivity index (χ1v) is 12.3. The molecule has 0 unspecified atom stereocenters. The van der Waals surface area contributed by atoms with Gasteiger partial charge >= 0.3 is 0 Å². The predicted octanol–water partition coefficient (Wildman–Crippen LogP) is 3.46. The molecule has 31 heavy (non-hydrogen) atoms. The van der Waals surface area contributed by atoms with Crippen LogP contribution in [0.15, 0.2) is 41.6 Å². The second-order valence-electron chi connectivity index (χ2n) is 8.42. The quantitative estimate of drug-likeness (QED) is 0.691. The summed E-state index contributed by atoms with van der Waals surface area (Å²) in [6.45, 7) is 1.81. The average molecular weight is 440 g/mol. The first-order chi connectivity index (χ1) is 14.7. The molecule has 4 rings (SSSR count). The number of allylic oxidation sites excluding steroid dienone is 1. The van der Waals surface area contributed by atoms with Crippen LogP contribution >= 0.6 is 0 Å². The van der Waals surface area contributed by atoms with Crippen LogP contribution in [0.2, 0.25) is 0 Å². The van der Waals surface area contributed by atoms with Gasteiger partial charge in [-0.1, -0.05) is 12.1 Å². The van der Waals surface area contributed by atoms with Gasteiger partial charge in [0.25, 0.3) is 5.91 Å². The molecule has 2 aromatic rings. The molecule has 2 fully saturated rings. The Morgan fingerprint density at radius 1 is 1.16 bits per heavy atom. The topological polar surface area (TPSA) is 106 Å². The van der Waals surface area contributed by atoms with E-state index in [0.717, 1.165) is 24.1 Å². The number of amides is 1. The number of benzene rings is 1. The van der Waals surface area contributed by atoms with Crippen molar-refractivity contribution in [3.05, 3.63) is 53.5 Å². The number of ketones is 1. The van der Waals surface area contributed by atoms with Crippen molar-refractivity contribution in [2.24, 2.45) is 5.92 Å². The Bertz CT molecular complexity index is 1170. The third kappa shape index (κ3) is 5.07. The van der Waals surface area contributed by atoms with Crippen molar-refractivity contribution in [1.82, 2.24) is 9.97 Å². The van der Waals surface area contributed by atoms with Gasteiger partial charge in [0.05, 0.1) is 23.0 Å². The van der Waals surface area contributed by atoms with E-state index < -0.39 is 9.84 Å². The predicted molar refractivity (Wildman–Crippen MR) is 117 cm³/mol. The van der Waals surface area contributed by atoms with Gasteiger partial charge in [-0.2, -0.15) is 0 Å². The first kappa shape index (κ1) is 21.4. The van der Waals surface area contributed by atoms with Gasteiger partial charge in [-0.05, 0) is 61.3 Å². The molecule has 8 heteroatoms. The zero-order chi connectivity index (χ0) is 22.2. The zero-order valence-corrected chi connectivity index (χ0v) is 18.4. The Morgan fingerprint density at radius 3 is 2.52 bits per heavy atom. The molecule has 0 spiro atoms. The van der Waals surface area contributed by atoms with Crippen LogP contribution in [0, 0.1) is 12.8 Å². The van der Waals surface area contributed by atoms with Gasteiger partial charge in [-0.25, -0.2) is 13.4 Å². The molecule has 1 atom stereocenters. The van der Waals surface area contributed by atoms with Crippen molar-refractivity contribution in [2.75, 3.05) is 11.6 Å². The average Bonchev–Trinajstić information content (AvgIpc) is 3.48. The largest absolute Gasteiger partial charge is 0.305 e. The fourth-order valence-electron chi connectivity index (χ4n) is 3.93. The number of aryl methyl sites for hydroxylation is 1. The van der Waals surface area contributed by atoms with E-state index in [2.05, 4.69) is 15.3 Å². The van der Waals surface area contributed by atoms with E-state index in [9.17, 15) is 18.0 Å². The second kappa shape index (κ2) is 8.34. The van der Waals surface area contributed by atoms with Crippen LogP contribution < -0.4 is 5.32 Å². The van der Waals surface area contributed by atoms with E-state index in [1.807, 2.05) is 19.1 Å². The molecule has 1 aromatic carbocycles. The van der Waals surface area contributed by atoms with Gasteiger partial charge in [0.2, 0.25) is 0 Å². The molecule has 0 saturated heterocycles. The van der Waals surface area contributed by atoms with Gasteiger partial charge in [0, 0.05) is 24.7 Å². The lowest BCUT2D eigenvalue weighted by molar-refractivity contribution is -0.117. The number of nitrogens with zero attached hydrogens (tertiary/aromatic N) is 2. The van der Waals surface area contributed by atoms with Crippen LogP contribution in [0.25, 0.3) is 5.57 Å². The summed E-state index contributed by atoms with van der Waals surface area (Å²) in [7, 11) is -3.37. The maximum Gasteiger partial charge on any atom is 0.257 e. The van der Waals surface area contributed by atoms with Gasteiger partial charge in [-0.3, -0.25) is 14.6 Å². The monoisotopic (exact) mass is 439 g/mol. The van der Waals surface area contributed by atoms with Crippen molar-refractivity contribution < 1.29 is 18.0 Å². The summed E-state index contributed by atoms with van der Waals surface area (Å²) in [5.41, 5.74) is 2.57. The highest BCUT2D eigenvalue weighted by atomic mass is 32.2. The molecular formula is C23H25N3O4S. The van der Waals surface area contributed by atoms with Crippen LogP contribution in [-0.2, 0) is 19.4 Å². The Balaban J connectivity index is 1.73. The summed E-state index contributed by atoms with van der Waals surface area (Å²) < 4.78 is 24.5. The molecule has 1 amide bonds. The maximum atomic E-state index is 13.2. The number of anilines is 1. The van der Waals surface area contributed by atoms with Gasteiger partial charge in [-0.15, -0.1) is 0 Å². The molecule has 1 N–H and O–H groups in total. The fraction of sp³-hybridized carbons (Fsp3) is 0.391. The van der Waals surface area contributed by atoms with Crippen molar-refractivity contribution in [2.45, 2.75) is 49.8 Å². The molecule has 2 aliphatic rings. The van der Waals surface area contributed by atoms with E-state index in [0.29, 0.717) is 41.1 Å². The molecule has 1 heterocycles. The fourth-order valence-corrected chi connectivity index (χ4v) is 4.90. The molecule has 2 saturated carbocycles. The van der Waals surface area contributed by atoms with Gasteiger partial charge in [0.15, 0.2) is 15.7 Å². The van der Waals surface area contributed by atoms with Crippen molar-refractivity contribution in [3.8, 4) is 0 Å². The van der Waals surface area contributed by atoms with E-state index in [1.165, 1.54) is 12.5 Å². The summed E-state index contributed by atoms with van der Waals surface area (Å²) >= 11 is 0. The number of hydrogen-bond donors (Lipinski definition) is 1. The number of rotatable bonds is 6. The van der Waals surface area contributed by atoms with Crippen molar-refractivity contribution in [3.63, 3.8) is 0 Å². The summed E-state index contributed by atoms with van der Waals surface area (Å²) in [6, 6.07) is 5.08. The normalized spacial score (nSPS) is 19.5. The third-order valence-electron chi connectivity index (χ3n) is 5.69. The van der Waals surface area contributed by atoms with Gasteiger partial charge in [0.1, 0.15) is 5.78 Å². The minimum Gasteiger partial charge on any atom is -0.305 e. The molecular weight excluding hydrogens is 414 g/mol. The standard InChI is InChI=1S/C23H25N3O4S/c1-14-12-25-22(13-24-14)26-23(28)20(10-15-3-7-18(27)9-15)17-6-8-21(31(2,29)30)19(11-17)16-4-5-16/h6,8,10-13,15-16H,3-5,7,9H2,1-2H3,(H,25,26,28)/t15-/m0/s1. The Morgan fingerprint density at radius 2 is 1.94 bits per heavy atom. The highest BCUT2D eigenvalue weighted by Crippen LogP contribution is 2.44. The number of carbonyl (C=O) groups is 2. The first-order valence-electron chi connectivity index (χ1n) is 10.4. The minimum atomic E-state index is -3.37. The van der Waals surface area contributed by atoms with Gasteiger partial charge < -0.3 is 5.32 Å². The Hall–Kier alpha value is -2.87. The summed E-state index contributed by atoms with van der Waals surface area (Å²) in [5.74, 6) is 0.350. The third-order valence-corrected chi connectivity index (χ3v) is 6.86. The van der Waals surface area contributed by atoms with Crippen LogP contribution in [0.1, 0.15) is 54.8 Å². The summed E-state index contributed by atoms with van der Waals surface area (Å²) in [4.78, 5) is 33.6. The molecule has 0 aliphatic heterocycles. The smallest absolute Gasteiger partial charge is 0.257 e. The number of aromatic nitrogens is 2. The minimum absolute atomic E-state index is 0.0173. The number of hydrogen-bond acceptors (Lipinski definition) is 6. The van der Waals surface area contributed by atoms with E-state index in [-0.39, 0.29) is 23.5 Å². The van der Waals surface area contributed by atoms with E-state index >= 15 is 0 Å². The number of sulfone groups is 1.